The Labute approximate surface area is 188 Å². The topological polar surface area (TPSA) is 80.8 Å². The summed E-state index contributed by atoms with van der Waals surface area (Å²) in [4.78, 5) is 24.4. The van der Waals surface area contributed by atoms with Gasteiger partial charge in [0.2, 0.25) is 10.0 Å². The maximum absolute atomic E-state index is 12.5. The summed E-state index contributed by atoms with van der Waals surface area (Å²) in [5.74, 6) is -0.576. The summed E-state index contributed by atoms with van der Waals surface area (Å²) in [7, 11) is -2.59. The van der Waals surface area contributed by atoms with E-state index in [1.807, 2.05) is 12.1 Å². The third kappa shape index (κ3) is 6.15. The van der Waals surface area contributed by atoms with Crippen LogP contribution in [-0.2, 0) is 19.6 Å². The molecule has 0 unspecified atom stereocenters. The normalized spacial score (nSPS) is 15.1. The number of ketones is 1. The van der Waals surface area contributed by atoms with Crippen molar-refractivity contribution in [1.82, 2.24) is 4.31 Å². The van der Waals surface area contributed by atoms with Crippen LogP contribution in [0.5, 0.6) is 0 Å². The second-order valence-electron chi connectivity index (χ2n) is 7.76. The molecule has 31 heavy (non-hydrogen) atoms. The lowest BCUT2D eigenvalue weighted by Gasteiger charge is -2.22. The van der Waals surface area contributed by atoms with E-state index in [0.717, 1.165) is 4.31 Å². The number of rotatable bonds is 8. The number of ether oxygens (including phenoxy) is 1. The van der Waals surface area contributed by atoms with Crippen LogP contribution in [0.2, 0.25) is 5.02 Å². The molecular weight excluding hydrogens is 438 g/mol. The number of hydrogen-bond acceptors (Lipinski definition) is 5. The summed E-state index contributed by atoms with van der Waals surface area (Å²) in [5, 5.41) is 0.409. The molecule has 0 aliphatic heterocycles. The van der Waals surface area contributed by atoms with Crippen LogP contribution in [0.15, 0.2) is 53.4 Å². The largest absolute Gasteiger partial charge is 0.456 e. The quantitative estimate of drug-likeness (QED) is 0.427. The van der Waals surface area contributed by atoms with Crippen molar-refractivity contribution in [3.63, 3.8) is 0 Å². The van der Waals surface area contributed by atoms with Gasteiger partial charge in [0.15, 0.2) is 12.4 Å². The van der Waals surface area contributed by atoms with Gasteiger partial charge >= 0.3 is 5.97 Å². The van der Waals surface area contributed by atoms with Crippen LogP contribution in [-0.4, -0.2) is 44.7 Å². The van der Waals surface area contributed by atoms with Gasteiger partial charge in [-0.15, -0.1) is 0 Å². The van der Waals surface area contributed by atoms with Crippen molar-refractivity contribution in [3.8, 4) is 0 Å². The third-order valence-corrected chi connectivity index (χ3v) is 7.62. The summed E-state index contributed by atoms with van der Waals surface area (Å²) in [5.41, 5.74) is 1.71. The van der Waals surface area contributed by atoms with Crippen LogP contribution in [0.3, 0.4) is 0 Å². The average Bonchev–Trinajstić information content (AvgIpc) is 2.78. The first-order valence-electron chi connectivity index (χ1n) is 10.3. The maximum Gasteiger partial charge on any atom is 0.321 e. The summed E-state index contributed by atoms with van der Waals surface area (Å²) in [6.45, 7) is -0.935. The molecule has 2 aromatic rings. The Kier molecular flexibility index (Phi) is 7.86. The highest BCUT2D eigenvalue weighted by Crippen LogP contribution is 2.32. The van der Waals surface area contributed by atoms with E-state index in [4.69, 9.17) is 16.3 Å². The summed E-state index contributed by atoms with van der Waals surface area (Å²) >= 11 is 5.78. The van der Waals surface area contributed by atoms with E-state index >= 15 is 0 Å². The van der Waals surface area contributed by atoms with Gasteiger partial charge in [-0.3, -0.25) is 9.59 Å². The molecule has 0 atom stereocenters. The van der Waals surface area contributed by atoms with Crippen LogP contribution >= 0.6 is 11.6 Å². The molecule has 0 N–H and O–H groups in total. The fourth-order valence-corrected chi connectivity index (χ4v) is 4.95. The van der Waals surface area contributed by atoms with Crippen LogP contribution in [0.1, 0.15) is 53.9 Å². The molecule has 166 valence electrons. The van der Waals surface area contributed by atoms with Crippen molar-refractivity contribution < 1.29 is 22.7 Å². The molecule has 1 aliphatic carbocycles. The molecule has 0 radical (unpaired) electrons. The Bertz CT molecular complexity index is 1010. The number of Topliss-reactive ketones (excluding diaryl/α,β-unsaturated/α-hetero) is 1. The Morgan fingerprint density at radius 2 is 1.61 bits per heavy atom. The standard InChI is InChI=1S/C23H26ClNO5S/c1-25(31(28,29)21-13-11-20(24)12-14-21)15-23(27)30-16-22(26)19-9-7-18(8-10-19)17-5-3-2-4-6-17/h7-14,17H,2-6,15-16H2,1H3. The predicted octanol–water partition coefficient (Wildman–Crippen LogP) is 4.43. The molecule has 0 heterocycles. The molecule has 0 amide bonds. The SMILES string of the molecule is CN(CC(=O)OCC(=O)c1ccc(C2CCCCC2)cc1)S(=O)(=O)c1ccc(Cl)cc1. The molecule has 1 saturated carbocycles. The minimum atomic E-state index is -3.87. The third-order valence-electron chi connectivity index (χ3n) is 5.55. The average molecular weight is 464 g/mol. The van der Waals surface area contributed by atoms with Crippen LogP contribution in [0.4, 0.5) is 0 Å². The lowest BCUT2D eigenvalue weighted by atomic mass is 9.84. The maximum atomic E-state index is 12.5. The van der Waals surface area contributed by atoms with E-state index in [1.54, 1.807) is 12.1 Å². The second-order valence-corrected chi connectivity index (χ2v) is 10.2. The van der Waals surface area contributed by atoms with Crippen molar-refractivity contribution in [2.24, 2.45) is 0 Å². The number of likely N-dealkylation sites (N-methyl/N-ethyl adjacent to an activating group) is 1. The first kappa shape index (κ1) is 23.4. The fourth-order valence-electron chi connectivity index (χ4n) is 3.71. The van der Waals surface area contributed by atoms with Gasteiger partial charge in [-0.1, -0.05) is 55.1 Å². The fraction of sp³-hybridized carbons (Fsp3) is 0.391. The van der Waals surface area contributed by atoms with Crippen molar-refractivity contribution in [3.05, 3.63) is 64.7 Å². The Hall–Kier alpha value is -2.22. The first-order chi connectivity index (χ1) is 14.8. The smallest absolute Gasteiger partial charge is 0.321 e. The minimum absolute atomic E-state index is 0.0151. The lowest BCUT2D eigenvalue weighted by Crippen LogP contribution is -2.33. The van der Waals surface area contributed by atoms with Crippen molar-refractivity contribution in [2.75, 3.05) is 20.2 Å². The van der Waals surface area contributed by atoms with E-state index in [9.17, 15) is 18.0 Å². The highest BCUT2D eigenvalue weighted by atomic mass is 35.5. The van der Waals surface area contributed by atoms with Crippen molar-refractivity contribution in [2.45, 2.75) is 42.9 Å². The molecule has 0 saturated heterocycles. The van der Waals surface area contributed by atoms with Crippen molar-refractivity contribution in [1.29, 1.82) is 0 Å². The number of benzene rings is 2. The van der Waals surface area contributed by atoms with E-state index in [0.29, 0.717) is 16.5 Å². The van der Waals surface area contributed by atoms with Gasteiger partial charge in [-0.2, -0.15) is 4.31 Å². The number of halogens is 1. The zero-order valence-corrected chi connectivity index (χ0v) is 19.0. The summed E-state index contributed by atoms with van der Waals surface area (Å²) in [6.07, 6.45) is 6.12. The van der Waals surface area contributed by atoms with E-state index in [1.165, 1.54) is 69.0 Å². The second kappa shape index (κ2) is 10.4. The van der Waals surface area contributed by atoms with Crippen LogP contribution < -0.4 is 0 Å². The summed E-state index contributed by atoms with van der Waals surface area (Å²) in [6, 6.07) is 13.1. The van der Waals surface area contributed by atoms with Gasteiger partial charge in [-0.05, 0) is 48.6 Å². The van der Waals surface area contributed by atoms with Crippen LogP contribution in [0, 0.1) is 0 Å². The monoisotopic (exact) mass is 463 g/mol. The number of esters is 1. The van der Waals surface area contributed by atoms with Crippen molar-refractivity contribution >= 4 is 33.4 Å². The minimum Gasteiger partial charge on any atom is -0.456 e. The van der Waals surface area contributed by atoms with Gasteiger partial charge in [-0.25, -0.2) is 8.42 Å². The molecule has 1 aliphatic rings. The van der Waals surface area contributed by atoms with Gasteiger partial charge in [0.25, 0.3) is 0 Å². The number of carbonyl (C=O) groups excluding carboxylic acids is 2. The summed E-state index contributed by atoms with van der Waals surface area (Å²) < 4.78 is 30.9. The van der Waals surface area contributed by atoms with E-state index in [2.05, 4.69) is 0 Å². The van der Waals surface area contributed by atoms with Gasteiger partial charge in [0.05, 0.1) is 4.90 Å². The number of hydrogen-bond donors (Lipinski definition) is 0. The zero-order chi connectivity index (χ0) is 22.4. The molecule has 6 nitrogen and oxygen atoms in total. The zero-order valence-electron chi connectivity index (χ0n) is 17.4. The molecule has 2 aromatic carbocycles. The van der Waals surface area contributed by atoms with Gasteiger partial charge in [0.1, 0.15) is 6.54 Å². The Morgan fingerprint density at radius 1 is 1.00 bits per heavy atom. The first-order valence-corrected chi connectivity index (χ1v) is 12.1. The molecular formula is C23H26ClNO5S. The number of nitrogens with zero attached hydrogens (tertiary/aromatic N) is 1. The van der Waals surface area contributed by atoms with E-state index in [-0.39, 0.29) is 10.7 Å². The Morgan fingerprint density at radius 3 is 2.23 bits per heavy atom. The molecule has 8 heteroatoms. The lowest BCUT2D eigenvalue weighted by molar-refractivity contribution is -0.142. The van der Waals surface area contributed by atoms with Gasteiger partial charge in [0, 0.05) is 17.6 Å². The molecule has 3 rings (SSSR count). The predicted molar refractivity (Wildman–Crippen MR) is 119 cm³/mol. The Balaban J connectivity index is 1.51. The molecule has 0 bridgehead atoms. The van der Waals surface area contributed by atoms with Gasteiger partial charge < -0.3 is 4.74 Å². The molecule has 0 spiro atoms. The van der Waals surface area contributed by atoms with E-state index < -0.39 is 29.1 Å². The highest BCUT2D eigenvalue weighted by Gasteiger charge is 2.24. The molecule has 0 aromatic heterocycles. The van der Waals surface area contributed by atoms with Crippen LogP contribution in [0.25, 0.3) is 0 Å². The number of carbonyl (C=O) groups is 2. The number of sulfonamides is 1. The highest BCUT2D eigenvalue weighted by molar-refractivity contribution is 7.89. The molecule has 1 fully saturated rings.